The van der Waals surface area contributed by atoms with Gasteiger partial charge < -0.3 is 24.7 Å². The zero-order valence-electron chi connectivity index (χ0n) is 15.8. The number of benzene rings is 1. The second kappa shape index (κ2) is 7.60. The van der Waals surface area contributed by atoms with Gasteiger partial charge in [-0.1, -0.05) is 0 Å². The molecule has 27 heavy (non-hydrogen) atoms. The molecule has 1 aliphatic carbocycles. The lowest BCUT2D eigenvalue weighted by Crippen LogP contribution is -2.37. The van der Waals surface area contributed by atoms with Gasteiger partial charge in [-0.05, 0) is 48.9 Å². The average Bonchev–Trinajstić information content (AvgIpc) is 3.16. The molecule has 144 valence electrons. The van der Waals surface area contributed by atoms with Crippen molar-refractivity contribution in [3.05, 3.63) is 46.0 Å². The smallest absolute Gasteiger partial charge is 0.252 e. The Labute approximate surface area is 158 Å². The lowest BCUT2D eigenvalue weighted by molar-refractivity contribution is 0.349. The number of anilines is 1. The van der Waals surface area contributed by atoms with E-state index >= 15 is 0 Å². The molecule has 0 amide bonds. The van der Waals surface area contributed by atoms with Gasteiger partial charge in [-0.15, -0.1) is 0 Å². The molecule has 1 aromatic carbocycles. The number of methoxy groups -OCH3 is 2. The van der Waals surface area contributed by atoms with Crippen molar-refractivity contribution in [2.24, 2.45) is 0 Å². The van der Waals surface area contributed by atoms with Gasteiger partial charge in [0, 0.05) is 31.2 Å². The van der Waals surface area contributed by atoms with Crippen LogP contribution in [0.5, 0.6) is 11.5 Å². The highest BCUT2D eigenvalue weighted by Crippen LogP contribution is 2.38. The fraction of sp³-hybridized carbons (Fsp3) is 0.500. The summed E-state index contributed by atoms with van der Waals surface area (Å²) in [6.45, 7) is 1.76. The molecule has 2 unspecified atom stereocenters. The summed E-state index contributed by atoms with van der Waals surface area (Å²) in [5, 5.41) is 3.83. The first-order valence-corrected chi connectivity index (χ1v) is 9.48. The van der Waals surface area contributed by atoms with E-state index in [0.717, 1.165) is 56.1 Å². The molecular weight excluding hydrogens is 344 g/mol. The fourth-order valence-electron chi connectivity index (χ4n) is 4.22. The Hall–Kier alpha value is -2.54. The molecule has 1 aliphatic heterocycles. The third-order valence-corrected chi connectivity index (χ3v) is 5.57. The minimum atomic E-state index is -0.112. The van der Waals surface area contributed by atoms with Crippen LogP contribution in [-0.4, -0.2) is 43.3 Å². The molecule has 1 fully saturated rings. The van der Waals surface area contributed by atoms with E-state index in [1.807, 2.05) is 0 Å². The standard InChI is InChI=1S/C20H26N4O3/c1-26-17-8-13-4-3-5-16(15(13)9-18(17)27-2)23-14-6-7-24(11-14)19-10-20(25)22-12-21-19/h8-10,12,14,16,23H,3-7,11H2,1-2H3,(H,21,22,25). The maximum absolute atomic E-state index is 11.5. The summed E-state index contributed by atoms with van der Waals surface area (Å²) in [5.41, 5.74) is 2.54. The summed E-state index contributed by atoms with van der Waals surface area (Å²) in [4.78, 5) is 20.6. The van der Waals surface area contributed by atoms with Gasteiger partial charge in [0.2, 0.25) is 0 Å². The quantitative estimate of drug-likeness (QED) is 0.838. The molecule has 2 N–H and O–H groups in total. The number of nitrogens with zero attached hydrogens (tertiary/aromatic N) is 2. The van der Waals surface area contributed by atoms with Crippen molar-refractivity contribution in [1.29, 1.82) is 0 Å². The molecule has 0 spiro atoms. The van der Waals surface area contributed by atoms with Crippen molar-refractivity contribution in [3.63, 3.8) is 0 Å². The van der Waals surface area contributed by atoms with Gasteiger partial charge in [0.05, 0.1) is 20.5 Å². The van der Waals surface area contributed by atoms with E-state index in [1.54, 1.807) is 20.3 Å². The number of ether oxygens (including phenoxy) is 2. The van der Waals surface area contributed by atoms with Crippen LogP contribution in [0.3, 0.4) is 0 Å². The lowest BCUT2D eigenvalue weighted by atomic mass is 9.86. The van der Waals surface area contributed by atoms with Crippen LogP contribution in [0.4, 0.5) is 5.82 Å². The van der Waals surface area contributed by atoms with E-state index in [0.29, 0.717) is 12.1 Å². The van der Waals surface area contributed by atoms with E-state index in [4.69, 9.17) is 9.47 Å². The predicted octanol–water partition coefficient (Wildman–Crippen LogP) is 2.03. The monoisotopic (exact) mass is 370 g/mol. The summed E-state index contributed by atoms with van der Waals surface area (Å²) < 4.78 is 11.0. The molecule has 4 rings (SSSR count). The minimum Gasteiger partial charge on any atom is -0.493 e. The second-order valence-electron chi connectivity index (χ2n) is 7.22. The van der Waals surface area contributed by atoms with Gasteiger partial charge >= 0.3 is 0 Å². The summed E-state index contributed by atoms with van der Waals surface area (Å²) in [7, 11) is 3.36. The molecule has 7 heteroatoms. The number of H-pyrrole nitrogens is 1. The largest absolute Gasteiger partial charge is 0.493 e. The third kappa shape index (κ3) is 3.64. The molecule has 2 aromatic rings. The van der Waals surface area contributed by atoms with Gasteiger partial charge in [0.1, 0.15) is 5.82 Å². The van der Waals surface area contributed by atoms with Crippen molar-refractivity contribution < 1.29 is 9.47 Å². The first kappa shape index (κ1) is 17.9. The van der Waals surface area contributed by atoms with Gasteiger partial charge in [-0.25, -0.2) is 4.98 Å². The molecule has 0 bridgehead atoms. The first-order chi connectivity index (χ1) is 13.2. The molecule has 2 heterocycles. The van der Waals surface area contributed by atoms with Gasteiger partial charge in [-0.3, -0.25) is 4.79 Å². The summed E-state index contributed by atoms with van der Waals surface area (Å²) in [5.74, 6) is 2.33. The third-order valence-electron chi connectivity index (χ3n) is 5.57. The number of aromatic nitrogens is 2. The van der Waals surface area contributed by atoms with E-state index in [2.05, 4.69) is 32.3 Å². The van der Waals surface area contributed by atoms with Crippen molar-refractivity contribution in [1.82, 2.24) is 15.3 Å². The molecule has 2 atom stereocenters. The van der Waals surface area contributed by atoms with Crippen LogP contribution in [-0.2, 0) is 6.42 Å². The van der Waals surface area contributed by atoms with E-state index in [1.165, 1.54) is 17.5 Å². The van der Waals surface area contributed by atoms with Crippen LogP contribution in [0.15, 0.2) is 29.3 Å². The van der Waals surface area contributed by atoms with E-state index < -0.39 is 0 Å². The predicted molar refractivity (Wildman–Crippen MR) is 104 cm³/mol. The maximum atomic E-state index is 11.5. The van der Waals surface area contributed by atoms with Crippen LogP contribution >= 0.6 is 0 Å². The Balaban J connectivity index is 1.49. The van der Waals surface area contributed by atoms with Crippen LogP contribution in [0.25, 0.3) is 0 Å². The summed E-state index contributed by atoms with van der Waals surface area (Å²) >= 11 is 0. The Morgan fingerprint density at radius 2 is 2.00 bits per heavy atom. The van der Waals surface area contributed by atoms with Crippen LogP contribution in [0.1, 0.15) is 36.4 Å². The molecule has 7 nitrogen and oxygen atoms in total. The molecular formula is C20H26N4O3. The number of aromatic amines is 1. The first-order valence-electron chi connectivity index (χ1n) is 9.48. The van der Waals surface area contributed by atoms with Crippen molar-refractivity contribution in [2.45, 2.75) is 37.8 Å². The van der Waals surface area contributed by atoms with Gasteiger partial charge in [0.25, 0.3) is 5.56 Å². The zero-order valence-corrected chi connectivity index (χ0v) is 15.8. The number of hydrogen-bond acceptors (Lipinski definition) is 6. The number of rotatable bonds is 5. The Bertz CT molecular complexity index is 867. The van der Waals surface area contributed by atoms with Crippen LogP contribution < -0.4 is 25.2 Å². The maximum Gasteiger partial charge on any atom is 0.252 e. The SMILES string of the molecule is COc1cc2c(cc1OC)C(NC1CCN(c3cc(=O)[nH]cn3)C1)CCC2. The Kier molecular flexibility index (Phi) is 5.03. The van der Waals surface area contributed by atoms with Gasteiger partial charge in [-0.2, -0.15) is 0 Å². The summed E-state index contributed by atoms with van der Waals surface area (Å²) in [6.07, 6.45) is 5.85. The number of hydrogen-bond donors (Lipinski definition) is 2. The number of aryl methyl sites for hydroxylation is 1. The molecule has 1 saturated heterocycles. The van der Waals surface area contributed by atoms with Crippen LogP contribution in [0, 0.1) is 0 Å². The topological polar surface area (TPSA) is 79.5 Å². The minimum absolute atomic E-state index is 0.112. The van der Waals surface area contributed by atoms with Crippen LogP contribution in [0.2, 0.25) is 0 Å². The van der Waals surface area contributed by atoms with Crippen molar-refractivity contribution in [3.8, 4) is 11.5 Å². The highest BCUT2D eigenvalue weighted by atomic mass is 16.5. The second-order valence-corrected chi connectivity index (χ2v) is 7.22. The molecule has 0 saturated carbocycles. The van der Waals surface area contributed by atoms with Gasteiger partial charge in [0.15, 0.2) is 11.5 Å². The van der Waals surface area contributed by atoms with E-state index in [-0.39, 0.29) is 5.56 Å². The number of nitrogens with one attached hydrogen (secondary N) is 2. The zero-order chi connectivity index (χ0) is 18.8. The molecule has 2 aliphatic rings. The Morgan fingerprint density at radius 1 is 1.19 bits per heavy atom. The molecule has 1 aromatic heterocycles. The molecule has 0 radical (unpaired) electrons. The number of fused-ring (bicyclic) bond motifs is 1. The van der Waals surface area contributed by atoms with Crippen molar-refractivity contribution in [2.75, 3.05) is 32.2 Å². The normalized spacial score (nSPS) is 21.8. The lowest BCUT2D eigenvalue weighted by Gasteiger charge is -2.30. The fourth-order valence-corrected chi connectivity index (χ4v) is 4.22. The Morgan fingerprint density at radius 3 is 2.78 bits per heavy atom. The summed E-state index contributed by atoms with van der Waals surface area (Å²) in [6, 6.07) is 6.48. The highest BCUT2D eigenvalue weighted by Gasteiger charge is 2.29. The highest BCUT2D eigenvalue weighted by molar-refractivity contribution is 5.49. The average molecular weight is 370 g/mol. The van der Waals surface area contributed by atoms with Crippen molar-refractivity contribution >= 4 is 5.82 Å². The van der Waals surface area contributed by atoms with E-state index in [9.17, 15) is 4.79 Å².